The van der Waals surface area contributed by atoms with Gasteiger partial charge >= 0.3 is 0 Å². The van der Waals surface area contributed by atoms with Crippen LogP contribution >= 0.6 is 0 Å². The third kappa shape index (κ3) is 6.11. The summed E-state index contributed by atoms with van der Waals surface area (Å²) in [6, 6.07) is 24.8. The van der Waals surface area contributed by atoms with Crippen molar-refractivity contribution in [2.24, 2.45) is 0 Å². The van der Waals surface area contributed by atoms with Crippen LogP contribution in [-0.2, 0) is 4.79 Å². The lowest BCUT2D eigenvalue weighted by molar-refractivity contribution is -0.117. The van der Waals surface area contributed by atoms with Crippen molar-refractivity contribution in [3.05, 3.63) is 96.2 Å². The molecule has 0 fully saturated rings. The standard InChI is InChI=1S/C31H34N4O3/c1-21(2)23-14-16-26(17-15-23)35-19-28(24-10-7-6-8-11-24)32-31(35)33-29(36)20-34(22(3)4)30(37)25-12-9-13-27(18-25)38-5/h6-19,21-22H,20H2,1-5H3,(H,32,33,36). The summed E-state index contributed by atoms with van der Waals surface area (Å²) in [5.41, 5.74) is 4.25. The Kier molecular flexibility index (Phi) is 8.26. The molecule has 196 valence electrons. The van der Waals surface area contributed by atoms with Crippen molar-refractivity contribution in [2.75, 3.05) is 19.0 Å². The smallest absolute Gasteiger partial charge is 0.254 e. The van der Waals surface area contributed by atoms with Gasteiger partial charge in [0, 0.05) is 29.1 Å². The van der Waals surface area contributed by atoms with Gasteiger partial charge < -0.3 is 9.64 Å². The van der Waals surface area contributed by atoms with E-state index in [0.717, 1.165) is 16.9 Å². The SMILES string of the molecule is COc1cccc(C(=O)N(CC(=O)Nc2nc(-c3ccccc3)cn2-c2ccc(C(C)C)cc2)C(C)C)c1. The van der Waals surface area contributed by atoms with Crippen molar-refractivity contribution in [1.82, 2.24) is 14.5 Å². The lowest BCUT2D eigenvalue weighted by atomic mass is 10.0. The lowest BCUT2D eigenvalue weighted by Gasteiger charge is -2.26. The molecule has 0 bridgehead atoms. The number of imidazole rings is 1. The molecule has 0 atom stereocenters. The van der Waals surface area contributed by atoms with Crippen LogP contribution in [0, 0.1) is 0 Å². The van der Waals surface area contributed by atoms with E-state index in [-0.39, 0.29) is 24.4 Å². The fourth-order valence-electron chi connectivity index (χ4n) is 4.16. The third-order valence-electron chi connectivity index (χ3n) is 6.38. The topological polar surface area (TPSA) is 76.5 Å². The van der Waals surface area contributed by atoms with E-state index in [1.54, 1.807) is 31.4 Å². The van der Waals surface area contributed by atoms with E-state index in [9.17, 15) is 9.59 Å². The monoisotopic (exact) mass is 510 g/mol. The molecule has 7 nitrogen and oxygen atoms in total. The van der Waals surface area contributed by atoms with E-state index in [4.69, 9.17) is 9.72 Å². The largest absolute Gasteiger partial charge is 0.497 e. The van der Waals surface area contributed by atoms with Crippen LogP contribution in [0.2, 0.25) is 0 Å². The Morgan fingerprint density at radius 1 is 0.947 bits per heavy atom. The van der Waals surface area contributed by atoms with Crippen LogP contribution in [0.4, 0.5) is 5.95 Å². The molecule has 4 rings (SSSR count). The van der Waals surface area contributed by atoms with Crippen LogP contribution in [0.1, 0.15) is 49.5 Å². The zero-order chi connectivity index (χ0) is 27.2. The van der Waals surface area contributed by atoms with Gasteiger partial charge in [0.25, 0.3) is 5.91 Å². The Morgan fingerprint density at radius 2 is 1.66 bits per heavy atom. The normalized spacial score (nSPS) is 11.0. The highest BCUT2D eigenvalue weighted by molar-refractivity contribution is 5.99. The average Bonchev–Trinajstić information content (AvgIpc) is 3.35. The van der Waals surface area contributed by atoms with E-state index in [1.165, 1.54) is 10.5 Å². The third-order valence-corrected chi connectivity index (χ3v) is 6.38. The summed E-state index contributed by atoms with van der Waals surface area (Å²) >= 11 is 0. The number of anilines is 1. The lowest BCUT2D eigenvalue weighted by Crippen LogP contribution is -2.42. The molecule has 0 radical (unpaired) electrons. The fourth-order valence-corrected chi connectivity index (χ4v) is 4.16. The average molecular weight is 511 g/mol. The molecule has 0 spiro atoms. The molecule has 0 saturated heterocycles. The molecule has 0 aliphatic rings. The number of ether oxygens (including phenoxy) is 1. The molecule has 38 heavy (non-hydrogen) atoms. The summed E-state index contributed by atoms with van der Waals surface area (Å²) in [7, 11) is 1.55. The van der Waals surface area contributed by atoms with Gasteiger partial charge in [-0.3, -0.25) is 19.5 Å². The van der Waals surface area contributed by atoms with Crippen LogP contribution in [0.3, 0.4) is 0 Å². The van der Waals surface area contributed by atoms with Gasteiger partial charge in [-0.25, -0.2) is 4.98 Å². The minimum absolute atomic E-state index is 0.118. The van der Waals surface area contributed by atoms with Crippen molar-refractivity contribution >= 4 is 17.8 Å². The highest BCUT2D eigenvalue weighted by atomic mass is 16.5. The van der Waals surface area contributed by atoms with Gasteiger partial charge in [-0.05, 0) is 55.7 Å². The minimum atomic E-state index is -0.333. The summed E-state index contributed by atoms with van der Waals surface area (Å²) in [6.45, 7) is 7.96. The first kappa shape index (κ1) is 26.7. The number of hydrogen-bond acceptors (Lipinski definition) is 4. The summed E-state index contributed by atoms with van der Waals surface area (Å²) in [5.74, 6) is 0.813. The van der Waals surface area contributed by atoms with Gasteiger partial charge in [0.2, 0.25) is 11.9 Å². The second kappa shape index (κ2) is 11.8. The highest BCUT2D eigenvalue weighted by Crippen LogP contribution is 2.26. The van der Waals surface area contributed by atoms with Crippen molar-refractivity contribution in [3.8, 4) is 22.7 Å². The molecular formula is C31H34N4O3. The Bertz CT molecular complexity index is 1390. The summed E-state index contributed by atoms with van der Waals surface area (Å²) in [6.07, 6.45) is 1.91. The van der Waals surface area contributed by atoms with Crippen LogP contribution in [0.5, 0.6) is 5.75 Å². The van der Waals surface area contributed by atoms with Crippen molar-refractivity contribution in [2.45, 2.75) is 39.7 Å². The number of hydrogen-bond donors (Lipinski definition) is 1. The number of carbonyl (C=O) groups excluding carboxylic acids is 2. The maximum Gasteiger partial charge on any atom is 0.254 e. The molecule has 0 saturated carbocycles. The Labute approximate surface area is 224 Å². The van der Waals surface area contributed by atoms with Gasteiger partial charge in [0.1, 0.15) is 12.3 Å². The molecule has 2 amide bonds. The number of aromatic nitrogens is 2. The van der Waals surface area contributed by atoms with E-state index >= 15 is 0 Å². The van der Waals surface area contributed by atoms with Gasteiger partial charge in [-0.2, -0.15) is 0 Å². The van der Waals surface area contributed by atoms with Crippen LogP contribution in [-0.4, -0.2) is 46.0 Å². The van der Waals surface area contributed by atoms with Crippen molar-refractivity contribution in [1.29, 1.82) is 0 Å². The second-order valence-corrected chi connectivity index (χ2v) is 9.74. The Balaban J connectivity index is 1.61. The number of nitrogens with one attached hydrogen (secondary N) is 1. The van der Waals surface area contributed by atoms with Gasteiger partial charge in [0.15, 0.2) is 0 Å². The minimum Gasteiger partial charge on any atom is -0.497 e. The first-order valence-electron chi connectivity index (χ1n) is 12.8. The number of nitrogens with zero attached hydrogens (tertiary/aromatic N) is 3. The number of carbonyl (C=O) groups is 2. The van der Waals surface area contributed by atoms with E-state index in [0.29, 0.717) is 23.2 Å². The molecule has 7 heteroatoms. The molecule has 1 N–H and O–H groups in total. The maximum atomic E-state index is 13.3. The summed E-state index contributed by atoms with van der Waals surface area (Å²) < 4.78 is 7.13. The van der Waals surface area contributed by atoms with E-state index < -0.39 is 0 Å². The molecular weight excluding hydrogens is 476 g/mol. The number of benzene rings is 3. The van der Waals surface area contributed by atoms with Gasteiger partial charge in [-0.15, -0.1) is 0 Å². The van der Waals surface area contributed by atoms with Gasteiger partial charge in [-0.1, -0.05) is 62.4 Å². The number of amides is 2. The number of rotatable bonds is 9. The molecule has 3 aromatic carbocycles. The highest BCUT2D eigenvalue weighted by Gasteiger charge is 2.23. The van der Waals surface area contributed by atoms with E-state index in [2.05, 4.69) is 31.3 Å². The van der Waals surface area contributed by atoms with Crippen LogP contribution in [0.15, 0.2) is 85.1 Å². The molecule has 0 unspecified atom stereocenters. The zero-order valence-electron chi connectivity index (χ0n) is 22.5. The molecule has 4 aromatic rings. The summed E-state index contributed by atoms with van der Waals surface area (Å²) in [5, 5.41) is 2.95. The van der Waals surface area contributed by atoms with Crippen LogP contribution < -0.4 is 10.1 Å². The first-order chi connectivity index (χ1) is 18.3. The second-order valence-electron chi connectivity index (χ2n) is 9.74. The quantitative estimate of drug-likeness (QED) is 0.293. The number of methoxy groups -OCH3 is 1. The fraction of sp³-hybridized carbons (Fsp3) is 0.258. The molecule has 0 aliphatic carbocycles. The first-order valence-corrected chi connectivity index (χ1v) is 12.8. The predicted octanol–water partition coefficient (Wildman–Crippen LogP) is 6.16. The summed E-state index contributed by atoms with van der Waals surface area (Å²) in [4.78, 5) is 32.8. The van der Waals surface area contributed by atoms with Gasteiger partial charge in [0.05, 0.1) is 12.8 Å². The molecule has 1 heterocycles. The Morgan fingerprint density at radius 3 is 2.29 bits per heavy atom. The van der Waals surface area contributed by atoms with E-state index in [1.807, 2.05) is 67.1 Å². The molecule has 1 aromatic heterocycles. The predicted molar refractivity (Wildman–Crippen MR) is 151 cm³/mol. The Hall–Kier alpha value is -4.39. The molecule has 0 aliphatic heterocycles. The zero-order valence-corrected chi connectivity index (χ0v) is 22.5. The van der Waals surface area contributed by atoms with Crippen molar-refractivity contribution < 1.29 is 14.3 Å². The van der Waals surface area contributed by atoms with Crippen LogP contribution in [0.25, 0.3) is 16.9 Å². The van der Waals surface area contributed by atoms with Crippen molar-refractivity contribution in [3.63, 3.8) is 0 Å². The maximum absolute atomic E-state index is 13.3.